The van der Waals surface area contributed by atoms with Gasteiger partial charge in [-0.15, -0.1) is 0 Å². The summed E-state index contributed by atoms with van der Waals surface area (Å²) in [5.41, 5.74) is 0.681. The van der Waals surface area contributed by atoms with Crippen molar-refractivity contribution in [2.24, 2.45) is 0 Å². The standard InChI is InChI=1S/C19H21ClN2O4S/c20-16-8-6-15(7-9-16)18(14-19(23)22-10-12-26-13-11-22)21-27(24,25)17-4-2-1-3-5-17/h1-9,18,21H,10-14H2/t18-/m0/s1. The molecular weight excluding hydrogens is 388 g/mol. The lowest BCUT2D eigenvalue weighted by molar-refractivity contribution is -0.135. The van der Waals surface area contributed by atoms with E-state index in [9.17, 15) is 13.2 Å². The van der Waals surface area contributed by atoms with Gasteiger partial charge in [-0.1, -0.05) is 41.9 Å². The Balaban J connectivity index is 1.83. The van der Waals surface area contributed by atoms with Crippen LogP contribution in [0.1, 0.15) is 18.0 Å². The maximum atomic E-state index is 12.8. The molecule has 1 aliphatic rings. The molecule has 0 aromatic heterocycles. The number of carbonyl (C=O) groups is 1. The minimum atomic E-state index is -3.77. The lowest BCUT2D eigenvalue weighted by Gasteiger charge is -2.29. The van der Waals surface area contributed by atoms with Crippen molar-refractivity contribution >= 4 is 27.5 Å². The van der Waals surface area contributed by atoms with Crippen LogP contribution in [0.5, 0.6) is 0 Å². The predicted molar refractivity (Wildman–Crippen MR) is 103 cm³/mol. The zero-order valence-corrected chi connectivity index (χ0v) is 16.2. The van der Waals surface area contributed by atoms with E-state index < -0.39 is 16.1 Å². The van der Waals surface area contributed by atoms with Gasteiger partial charge in [0.25, 0.3) is 0 Å². The minimum Gasteiger partial charge on any atom is -0.378 e. The number of rotatable bonds is 6. The summed E-state index contributed by atoms with van der Waals surface area (Å²) in [5, 5.41) is 0.544. The summed E-state index contributed by atoms with van der Waals surface area (Å²) in [6.07, 6.45) is 0.0215. The molecule has 0 saturated carbocycles. The molecule has 1 aliphatic heterocycles. The fraction of sp³-hybridized carbons (Fsp3) is 0.316. The number of morpholine rings is 1. The van der Waals surface area contributed by atoms with E-state index in [-0.39, 0.29) is 17.2 Å². The van der Waals surface area contributed by atoms with Crippen molar-refractivity contribution < 1.29 is 17.9 Å². The summed E-state index contributed by atoms with van der Waals surface area (Å²) >= 11 is 5.95. The zero-order chi connectivity index (χ0) is 19.3. The number of ether oxygens (including phenoxy) is 1. The van der Waals surface area contributed by atoms with Crippen LogP contribution in [-0.2, 0) is 19.6 Å². The minimum absolute atomic E-state index is 0.0215. The highest BCUT2D eigenvalue weighted by atomic mass is 35.5. The van der Waals surface area contributed by atoms with Crippen LogP contribution in [-0.4, -0.2) is 45.5 Å². The van der Waals surface area contributed by atoms with Crippen molar-refractivity contribution in [3.63, 3.8) is 0 Å². The molecule has 2 aromatic carbocycles. The second kappa shape index (κ2) is 8.84. The van der Waals surface area contributed by atoms with Crippen LogP contribution >= 0.6 is 11.6 Å². The van der Waals surface area contributed by atoms with E-state index >= 15 is 0 Å². The normalized spacial score (nSPS) is 16.1. The van der Waals surface area contributed by atoms with Gasteiger partial charge < -0.3 is 9.64 Å². The molecule has 8 heteroatoms. The maximum Gasteiger partial charge on any atom is 0.241 e. The fourth-order valence-corrected chi connectivity index (χ4v) is 4.27. The zero-order valence-electron chi connectivity index (χ0n) is 14.7. The Bertz CT molecular complexity index is 866. The highest BCUT2D eigenvalue weighted by Gasteiger charge is 2.26. The van der Waals surface area contributed by atoms with Gasteiger partial charge in [0.2, 0.25) is 15.9 Å². The van der Waals surface area contributed by atoms with Gasteiger partial charge in [-0.05, 0) is 29.8 Å². The van der Waals surface area contributed by atoms with Crippen LogP contribution in [0, 0.1) is 0 Å². The van der Waals surface area contributed by atoms with Gasteiger partial charge in [-0.2, -0.15) is 0 Å². The molecule has 1 atom stereocenters. The largest absolute Gasteiger partial charge is 0.378 e. The van der Waals surface area contributed by atoms with E-state index in [1.165, 1.54) is 12.1 Å². The molecule has 0 unspecified atom stereocenters. The summed E-state index contributed by atoms with van der Waals surface area (Å²) in [6.45, 7) is 2.01. The Morgan fingerprint density at radius 3 is 2.33 bits per heavy atom. The first kappa shape index (κ1) is 19.8. The quantitative estimate of drug-likeness (QED) is 0.797. The van der Waals surface area contributed by atoms with Crippen LogP contribution in [0.2, 0.25) is 5.02 Å². The van der Waals surface area contributed by atoms with E-state index in [0.717, 1.165) is 0 Å². The van der Waals surface area contributed by atoms with Crippen molar-refractivity contribution in [1.29, 1.82) is 0 Å². The molecule has 3 rings (SSSR count). The fourth-order valence-electron chi connectivity index (χ4n) is 2.89. The average molecular weight is 409 g/mol. The van der Waals surface area contributed by atoms with Crippen LogP contribution in [0.3, 0.4) is 0 Å². The van der Waals surface area contributed by atoms with Gasteiger partial charge in [-0.25, -0.2) is 13.1 Å². The Hall–Kier alpha value is -1.93. The van der Waals surface area contributed by atoms with E-state index in [4.69, 9.17) is 16.3 Å². The summed E-state index contributed by atoms with van der Waals surface area (Å²) in [6, 6.07) is 14.2. The number of carbonyl (C=O) groups excluding carboxylic acids is 1. The molecule has 1 fully saturated rings. The highest BCUT2D eigenvalue weighted by molar-refractivity contribution is 7.89. The molecule has 6 nitrogen and oxygen atoms in total. The number of nitrogens with one attached hydrogen (secondary N) is 1. The Morgan fingerprint density at radius 1 is 1.07 bits per heavy atom. The van der Waals surface area contributed by atoms with Gasteiger partial charge >= 0.3 is 0 Å². The van der Waals surface area contributed by atoms with Gasteiger partial charge in [0.15, 0.2) is 0 Å². The van der Waals surface area contributed by atoms with Crippen LogP contribution in [0.25, 0.3) is 0 Å². The molecule has 0 aliphatic carbocycles. The molecular formula is C19H21ClN2O4S. The van der Waals surface area contributed by atoms with Gasteiger partial charge in [-0.3, -0.25) is 4.79 Å². The number of amides is 1. The van der Waals surface area contributed by atoms with E-state index in [2.05, 4.69) is 4.72 Å². The number of hydrogen-bond acceptors (Lipinski definition) is 4. The second-order valence-corrected chi connectivity index (χ2v) is 8.39. The summed E-state index contributed by atoms with van der Waals surface area (Å²) in [5.74, 6) is -0.117. The van der Waals surface area contributed by atoms with Crippen LogP contribution < -0.4 is 4.72 Å². The Kier molecular flexibility index (Phi) is 6.49. The van der Waals surface area contributed by atoms with Gasteiger partial charge in [0.1, 0.15) is 0 Å². The molecule has 27 heavy (non-hydrogen) atoms. The number of nitrogens with zero attached hydrogens (tertiary/aromatic N) is 1. The van der Waals surface area contributed by atoms with Crippen molar-refractivity contribution in [2.75, 3.05) is 26.3 Å². The Morgan fingerprint density at radius 2 is 1.70 bits per heavy atom. The SMILES string of the molecule is O=C(C[C@H](NS(=O)(=O)c1ccccc1)c1ccc(Cl)cc1)N1CCOCC1. The van der Waals surface area contributed by atoms with Gasteiger partial charge in [0, 0.05) is 24.5 Å². The van der Waals surface area contributed by atoms with Crippen LogP contribution in [0.4, 0.5) is 0 Å². The monoisotopic (exact) mass is 408 g/mol. The second-order valence-electron chi connectivity index (χ2n) is 6.24. The number of benzene rings is 2. The number of hydrogen-bond donors (Lipinski definition) is 1. The summed E-state index contributed by atoms with van der Waals surface area (Å²) in [4.78, 5) is 14.5. The van der Waals surface area contributed by atoms with Gasteiger partial charge in [0.05, 0.1) is 24.2 Å². The molecule has 1 amide bonds. The first-order chi connectivity index (χ1) is 13.0. The smallest absolute Gasteiger partial charge is 0.241 e. The lowest BCUT2D eigenvalue weighted by atomic mass is 10.0. The molecule has 1 saturated heterocycles. The van der Waals surface area contributed by atoms with Crippen molar-refractivity contribution in [1.82, 2.24) is 9.62 Å². The Labute approximate surface area is 164 Å². The molecule has 0 spiro atoms. The van der Waals surface area contributed by atoms with Crippen molar-refractivity contribution in [3.8, 4) is 0 Å². The van der Waals surface area contributed by atoms with Crippen molar-refractivity contribution in [2.45, 2.75) is 17.4 Å². The van der Waals surface area contributed by atoms with Crippen LogP contribution in [0.15, 0.2) is 59.5 Å². The third-order valence-electron chi connectivity index (χ3n) is 4.37. The van der Waals surface area contributed by atoms with E-state index in [1.807, 2.05) is 0 Å². The molecule has 1 heterocycles. The lowest BCUT2D eigenvalue weighted by Crippen LogP contribution is -2.42. The summed E-state index contributed by atoms with van der Waals surface area (Å²) < 4.78 is 33.5. The average Bonchev–Trinajstić information content (AvgIpc) is 2.69. The maximum absolute atomic E-state index is 12.8. The number of sulfonamides is 1. The number of halogens is 1. The molecule has 1 N–H and O–H groups in total. The first-order valence-electron chi connectivity index (χ1n) is 8.64. The third kappa shape index (κ3) is 5.29. The molecule has 0 radical (unpaired) electrons. The summed E-state index contributed by atoms with van der Waals surface area (Å²) in [7, 11) is -3.77. The molecule has 2 aromatic rings. The van der Waals surface area contributed by atoms with E-state index in [1.54, 1.807) is 47.4 Å². The highest BCUT2D eigenvalue weighted by Crippen LogP contribution is 2.23. The third-order valence-corrected chi connectivity index (χ3v) is 6.11. The predicted octanol–water partition coefficient (Wildman–Crippen LogP) is 2.61. The first-order valence-corrected chi connectivity index (χ1v) is 10.5. The topological polar surface area (TPSA) is 75.7 Å². The molecule has 0 bridgehead atoms. The molecule has 144 valence electrons. The van der Waals surface area contributed by atoms with Crippen molar-refractivity contribution in [3.05, 3.63) is 65.2 Å². The van der Waals surface area contributed by atoms with E-state index in [0.29, 0.717) is 36.9 Å².